The van der Waals surface area contributed by atoms with Crippen molar-refractivity contribution in [1.82, 2.24) is 53.2 Å². The minimum absolute atomic E-state index is 0.587. The summed E-state index contributed by atoms with van der Waals surface area (Å²) in [5.74, 6) is 4.32. The molecule has 0 fully saturated rings. The van der Waals surface area contributed by atoms with Crippen molar-refractivity contribution in [3.63, 3.8) is 0 Å². The van der Waals surface area contributed by atoms with Crippen LogP contribution in [0.1, 0.15) is 0 Å². The molecule has 0 aliphatic heterocycles. The first-order valence-corrected chi connectivity index (χ1v) is 39.0. The number of aromatic nitrogens is 11. The van der Waals surface area contributed by atoms with E-state index in [4.69, 9.17) is 39.5 Å². The smallest absolute Gasteiger partial charge is 0.537 e. The van der Waals surface area contributed by atoms with E-state index in [2.05, 4.69) is 253 Å². The predicted octanol–water partition coefficient (Wildman–Crippen LogP) is 24.6. The molecule has 15 aromatic carbocycles. The number of halogens is 1. The van der Waals surface area contributed by atoms with Crippen LogP contribution in [-0.4, -0.2) is 65.9 Å². The standard InChI is InChI=1S/C50H32N6.C33H22BN4O2.C18H12BrN/c1-4-15-33(16-5-1)48-52-49(34-17-6-2-7-18-34)54-50(53-48)36-19-12-22-38(31-36)56-42-25-11-10-23-40(42)46-39(24-13-26-44(46)56)35-28-29-43-41(32-35)47-45(27-14-30-51-47)55(43)37-20-8-3-9-21-37;39-34-40-29-20-10-19-28-30(29)26-17-7-8-18-27(26)38(28)25-16-9-15-24(21-25)33-36-31(22-11-3-1-4-12-22)35-32(37-33)23-13-5-2-6-14-23;19-13-10-11-18-16(12-13)15-8-4-5-9-17(15)20(18)14-6-2-1-3-7-14/h1-32H;1-21,39H;1-12H. The molecule has 0 atom stereocenters. The van der Waals surface area contributed by atoms with Crippen LogP contribution >= 0.6 is 15.9 Å². The first-order chi connectivity index (χ1) is 57.4. The van der Waals surface area contributed by atoms with Crippen LogP contribution in [0.15, 0.2) is 399 Å². The lowest BCUT2D eigenvalue weighted by molar-refractivity contribution is 0.457. The zero-order chi connectivity index (χ0) is 77.4. The minimum atomic E-state index is 0.587. The average Bonchev–Trinajstić information content (AvgIpc) is 1.58. The van der Waals surface area contributed by atoms with Crippen LogP contribution in [0, 0.1) is 0 Å². The van der Waals surface area contributed by atoms with Crippen LogP contribution in [0.2, 0.25) is 0 Å². The summed E-state index contributed by atoms with van der Waals surface area (Å²) in [6.07, 6.45) is 1.88. The maximum Gasteiger partial charge on any atom is 0.569 e. The molecule has 7 heterocycles. The highest BCUT2D eigenvalue weighted by atomic mass is 79.9. The second kappa shape index (κ2) is 30.6. The maximum absolute atomic E-state index is 9.37. The van der Waals surface area contributed by atoms with Gasteiger partial charge in [0.05, 0.1) is 49.7 Å². The van der Waals surface area contributed by atoms with E-state index >= 15 is 0 Å². The fourth-order valence-electron chi connectivity index (χ4n) is 16.1. The number of pyridine rings is 1. The van der Waals surface area contributed by atoms with Gasteiger partial charge in [0, 0.05) is 105 Å². The lowest BCUT2D eigenvalue weighted by atomic mass is 9.98. The van der Waals surface area contributed by atoms with Crippen LogP contribution in [0.4, 0.5) is 0 Å². The Morgan fingerprint density at radius 3 is 1.11 bits per heavy atom. The molecule has 0 bridgehead atoms. The number of para-hydroxylation sites is 5. The molecule has 0 amide bonds. The molecule has 0 unspecified atom stereocenters. The Bertz CT molecular complexity index is 7310. The van der Waals surface area contributed by atoms with Gasteiger partial charge >= 0.3 is 7.69 Å². The number of rotatable bonds is 13. The molecule has 0 saturated heterocycles. The van der Waals surface area contributed by atoms with Gasteiger partial charge in [-0.1, -0.05) is 277 Å². The van der Waals surface area contributed by atoms with E-state index in [1.807, 2.05) is 176 Å². The summed E-state index contributed by atoms with van der Waals surface area (Å²) < 4.78 is 15.8. The van der Waals surface area contributed by atoms with Crippen molar-refractivity contribution >= 4 is 111 Å². The third kappa shape index (κ3) is 13.0. The topological polar surface area (TPSA) is 139 Å². The molecule has 22 rings (SSSR count). The zero-order valence-electron chi connectivity index (χ0n) is 62.3. The van der Waals surface area contributed by atoms with Gasteiger partial charge in [-0.15, -0.1) is 0 Å². The lowest BCUT2D eigenvalue weighted by Gasteiger charge is -2.12. The molecule has 13 nitrogen and oxygen atoms in total. The molecule has 0 saturated carbocycles. The molecular weight excluding hydrogens is 1490 g/mol. The summed E-state index contributed by atoms with van der Waals surface area (Å²) >= 11 is 3.57. The molecule has 547 valence electrons. The number of hydrogen-bond acceptors (Lipinski definition) is 9. The monoisotopic (exact) mass is 1550 g/mol. The van der Waals surface area contributed by atoms with E-state index in [0.29, 0.717) is 40.7 Å². The van der Waals surface area contributed by atoms with Crippen molar-refractivity contribution in [3.8, 4) is 108 Å². The second-order valence-electron chi connectivity index (χ2n) is 28.1. The van der Waals surface area contributed by atoms with Gasteiger partial charge in [0.1, 0.15) is 5.75 Å². The van der Waals surface area contributed by atoms with E-state index < -0.39 is 0 Å². The highest BCUT2D eigenvalue weighted by molar-refractivity contribution is 9.10. The number of nitrogens with zero attached hydrogens (tertiary/aromatic N) is 11. The fourth-order valence-corrected chi connectivity index (χ4v) is 16.4. The van der Waals surface area contributed by atoms with Gasteiger partial charge in [0.25, 0.3) is 0 Å². The molecule has 116 heavy (non-hydrogen) atoms. The van der Waals surface area contributed by atoms with Crippen molar-refractivity contribution in [2.24, 2.45) is 0 Å². The average molecular weight is 1560 g/mol. The van der Waals surface area contributed by atoms with Crippen molar-refractivity contribution in [3.05, 3.63) is 399 Å². The SMILES string of the molecule is Brc1ccc2c(c1)c1ccccc1n2-c1ccccc1.O[B]Oc1cccc2c1c1ccccc1n2-c1cccc(-c2nc(-c3ccccc3)nc(-c3ccccc3)n2)c1.c1ccc(-c2nc(-c3ccccc3)nc(-c3cccc(-n4c5ccccc5c5c(-c6ccc7c(c6)c6ncccc6n7-c6ccccc6)cccc54)c3)n2)cc1. The summed E-state index contributed by atoms with van der Waals surface area (Å²) in [6, 6.07) is 133. The number of fused-ring (bicyclic) bond motifs is 12. The molecule has 7 aromatic heterocycles. The van der Waals surface area contributed by atoms with Gasteiger partial charge < -0.3 is 27.9 Å². The molecule has 0 aliphatic carbocycles. The zero-order valence-corrected chi connectivity index (χ0v) is 63.8. The van der Waals surface area contributed by atoms with Crippen molar-refractivity contribution in [2.45, 2.75) is 0 Å². The molecule has 15 heteroatoms. The minimum Gasteiger partial charge on any atom is -0.537 e. The Hall–Kier alpha value is -15.0. The molecule has 1 radical (unpaired) electrons. The van der Waals surface area contributed by atoms with Crippen molar-refractivity contribution in [1.29, 1.82) is 0 Å². The Morgan fingerprint density at radius 1 is 0.250 bits per heavy atom. The number of benzene rings is 15. The lowest BCUT2D eigenvalue weighted by Crippen LogP contribution is -2.01. The largest absolute Gasteiger partial charge is 0.569 e. The van der Waals surface area contributed by atoms with E-state index in [1.54, 1.807) is 0 Å². The molecular formula is C101H66BBrN11O2. The molecule has 0 spiro atoms. The summed E-state index contributed by atoms with van der Waals surface area (Å²) in [4.78, 5) is 34.5. The first kappa shape index (κ1) is 70.1. The normalized spacial score (nSPS) is 11.4. The molecule has 0 aliphatic rings. The summed E-state index contributed by atoms with van der Waals surface area (Å²) in [7, 11) is 0.719. The maximum atomic E-state index is 9.37. The van der Waals surface area contributed by atoms with Gasteiger partial charge in [-0.05, 0) is 139 Å². The Kier molecular flexibility index (Phi) is 18.5. The van der Waals surface area contributed by atoms with Gasteiger partial charge in [-0.3, -0.25) is 4.98 Å². The van der Waals surface area contributed by atoms with Gasteiger partial charge in [0.15, 0.2) is 34.9 Å². The van der Waals surface area contributed by atoms with Gasteiger partial charge in [0.2, 0.25) is 0 Å². The van der Waals surface area contributed by atoms with Crippen molar-refractivity contribution < 1.29 is 9.68 Å². The summed E-state index contributed by atoms with van der Waals surface area (Å²) in [5, 5.41) is 17.4. The second-order valence-corrected chi connectivity index (χ2v) is 29.0. The van der Waals surface area contributed by atoms with Crippen LogP contribution < -0.4 is 4.65 Å². The van der Waals surface area contributed by atoms with Crippen molar-refractivity contribution in [2.75, 3.05) is 0 Å². The van der Waals surface area contributed by atoms with Crippen LogP contribution in [0.3, 0.4) is 0 Å². The van der Waals surface area contributed by atoms with Crippen LogP contribution in [-0.2, 0) is 0 Å². The molecule has 22 aromatic rings. The Labute approximate surface area is 676 Å². The van der Waals surface area contributed by atoms with Crippen LogP contribution in [0.25, 0.3) is 190 Å². The Balaban J connectivity index is 0.000000125. The highest BCUT2D eigenvalue weighted by Gasteiger charge is 2.23. The van der Waals surface area contributed by atoms with Gasteiger partial charge in [-0.25, -0.2) is 29.9 Å². The third-order valence-electron chi connectivity index (χ3n) is 21.2. The van der Waals surface area contributed by atoms with Crippen LogP contribution in [0.5, 0.6) is 5.75 Å². The predicted molar refractivity (Wildman–Crippen MR) is 476 cm³/mol. The van der Waals surface area contributed by atoms with E-state index in [9.17, 15) is 5.02 Å². The third-order valence-corrected chi connectivity index (χ3v) is 21.6. The first-order valence-electron chi connectivity index (χ1n) is 38.2. The highest BCUT2D eigenvalue weighted by Crippen LogP contribution is 2.44. The number of hydrogen-bond donors (Lipinski definition) is 1. The van der Waals surface area contributed by atoms with E-state index in [1.165, 1.54) is 43.8 Å². The quantitative estimate of drug-likeness (QED) is 0.112. The van der Waals surface area contributed by atoms with Gasteiger partial charge in [-0.2, -0.15) is 0 Å². The van der Waals surface area contributed by atoms with E-state index in [0.717, 1.165) is 123 Å². The Morgan fingerprint density at radius 2 is 0.603 bits per heavy atom. The summed E-state index contributed by atoms with van der Waals surface area (Å²) in [5.41, 5.74) is 22.0. The molecule has 1 N–H and O–H groups in total. The fraction of sp³-hybridized carbons (Fsp3) is 0. The van der Waals surface area contributed by atoms with E-state index in [-0.39, 0.29) is 0 Å². The summed E-state index contributed by atoms with van der Waals surface area (Å²) in [6.45, 7) is 0.